The highest BCUT2D eigenvalue weighted by atomic mass is 35.5. The van der Waals surface area contributed by atoms with E-state index in [0.29, 0.717) is 16.5 Å². The number of pyridine rings is 1. The fourth-order valence-electron chi connectivity index (χ4n) is 1.81. The van der Waals surface area contributed by atoms with Crippen LogP contribution in [0.25, 0.3) is 0 Å². The largest absolute Gasteiger partial charge is 0.495 e. The topological polar surface area (TPSA) is 63.2 Å². The van der Waals surface area contributed by atoms with E-state index in [1.807, 2.05) is 25.1 Å². The van der Waals surface area contributed by atoms with Crippen LogP contribution in [0.1, 0.15) is 18.7 Å². The van der Waals surface area contributed by atoms with E-state index in [9.17, 15) is 4.79 Å². The summed E-state index contributed by atoms with van der Waals surface area (Å²) in [5.74, 6) is 0.560. The Morgan fingerprint density at radius 2 is 2.14 bits per heavy atom. The molecule has 0 aliphatic heterocycles. The van der Waals surface area contributed by atoms with Crippen molar-refractivity contribution >= 4 is 23.3 Å². The highest BCUT2D eigenvalue weighted by molar-refractivity contribution is 6.32. The van der Waals surface area contributed by atoms with Crippen molar-refractivity contribution < 1.29 is 9.53 Å². The second kappa shape index (κ2) is 6.95. The lowest BCUT2D eigenvalue weighted by Crippen LogP contribution is -2.31. The zero-order chi connectivity index (χ0) is 15.2. The molecule has 0 radical (unpaired) electrons. The Morgan fingerprint density at radius 3 is 2.76 bits per heavy atom. The Bertz CT molecular complexity index is 620. The lowest BCUT2D eigenvalue weighted by atomic mass is 10.2. The summed E-state index contributed by atoms with van der Waals surface area (Å²) in [6, 6.07) is 10.1. The van der Waals surface area contributed by atoms with Crippen LogP contribution in [0.4, 0.5) is 10.5 Å². The van der Waals surface area contributed by atoms with Crippen LogP contribution in [0.15, 0.2) is 42.6 Å². The number of benzene rings is 1. The van der Waals surface area contributed by atoms with E-state index < -0.39 is 0 Å². The molecule has 5 nitrogen and oxygen atoms in total. The molecule has 0 bridgehead atoms. The first-order valence-electron chi connectivity index (χ1n) is 6.42. The number of nitrogens with zero attached hydrogens (tertiary/aromatic N) is 1. The quantitative estimate of drug-likeness (QED) is 0.906. The van der Waals surface area contributed by atoms with Crippen molar-refractivity contribution in [2.75, 3.05) is 12.4 Å². The van der Waals surface area contributed by atoms with Gasteiger partial charge in [0.2, 0.25) is 0 Å². The number of urea groups is 1. The molecule has 21 heavy (non-hydrogen) atoms. The van der Waals surface area contributed by atoms with Crippen molar-refractivity contribution in [3.05, 3.63) is 53.3 Å². The van der Waals surface area contributed by atoms with Gasteiger partial charge in [-0.25, -0.2) is 4.79 Å². The summed E-state index contributed by atoms with van der Waals surface area (Å²) < 4.78 is 5.06. The van der Waals surface area contributed by atoms with E-state index in [-0.39, 0.29) is 12.1 Å². The number of halogens is 1. The summed E-state index contributed by atoms with van der Waals surface area (Å²) in [7, 11) is 1.54. The number of anilines is 1. The molecule has 0 saturated carbocycles. The molecule has 0 spiro atoms. The van der Waals surface area contributed by atoms with Gasteiger partial charge in [0, 0.05) is 11.9 Å². The van der Waals surface area contributed by atoms with E-state index in [1.165, 1.54) is 7.11 Å². The van der Waals surface area contributed by atoms with Crippen LogP contribution in [0.2, 0.25) is 5.02 Å². The number of hydrogen-bond acceptors (Lipinski definition) is 3. The highest BCUT2D eigenvalue weighted by Crippen LogP contribution is 2.27. The Hall–Kier alpha value is -2.27. The van der Waals surface area contributed by atoms with Crippen LogP contribution in [0.3, 0.4) is 0 Å². The standard InChI is InChI=1S/C15H16ClN3O2/c1-10(13-5-3-4-8-17-13)18-15(20)19-11-6-7-14(21-2)12(16)9-11/h3-10H,1-2H3,(H2,18,19,20)/t10-/m0/s1. The monoisotopic (exact) mass is 305 g/mol. The maximum atomic E-state index is 11.9. The summed E-state index contributed by atoms with van der Waals surface area (Å²) in [5, 5.41) is 5.96. The van der Waals surface area contributed by atoms with Crippen molar-refractivity contribution in [3.63, 3.8) is 0 Å². The van der Waals surface area contributed by atoms with Gasteiger partial charge in [-0.1, -0.05) is 17.7 Å². The molecule has 110 valence electrons. The van der Waals surface area contributed by atoms with E-state index >= 15 is 0 Å². The third kappa shape index (κ3) is 4.10. The van der Waals surface area contributed by atoms with Gasteiger partial charge >= 0.3 is 6.03 Å². The van der Waals surface area contributed by atoms with Crippen molar-refractivity contribution in [3.8, 4) is 5.75 Å². The minimum Gasteiger partial charge on any atom is -0.495 e. The second-order valence-corrected chi connectivity index (χ2v) is 4.83. The van der Waals surface area contributed by atoms with Gasteiger partial charge in [-0.2, -0.15) is 0 Å². The predicted octanol–water partition coefficient (Wildman–Crippen LogP) is 3.63. The average molecular weight is 306 g/mol. The normalized spacial score (nSPS) is 11.6. The van der Waals surface area contributed by atoms with E-state index in [1.54, 1.807) is 24.4 Å². The molecule has 0 aliphatic carbocycles. The Morgan fingerprint density at radius 1 is 1.33 bits per heavy atom. The zero-order valence-electron chi connectivity index (χ0n) is 11.8. The van der Waals surface area contributed by atoms with Gasteiger partial charge in [-0.3, -0.25) is 4.98 Å². The minimum atomic E-state index is -0.325. The summed E-state index contributed by atoms with van der Waals surface area (Å²) in [4.78, 5) is 16.1. The molecule has 0 fully saturated rings. The number of nitrogens with one attached hydrogen (secondary N) is 2. The number of carbonyl (C=O) groups excluding carboxylic acids is 1. The van der Waals surface area contributed by atoms with Gasteiger partial charge in [0.1, 0.15) is 5.75 Å². The third-order valence-electron chi connectivity index (χ3n) is 2.89. The molecule has 2 rings (SSSR count). The minimum absolute atomic E-state index is 0.195. The number of methoxy groups -OCH3 is 1. The van der Waals surface area contributed by atoms with Crippen LogP contribution in [-0.2, 0) is 0 Å². The first-order valence-corrected chi connectivity index (χ1v) is 6.80. The van der Waals surface area contributed by atoms with E-state index in [0.717, 1.165) is 5.69 Å². The van der Waals surface area contributed by atoms with E-state index in [4.69, 9.17) is 16.3 Å². The fraction of sp³-hybridized carbons (Fsp3) is 0.200. The molecule has 6 heteroatoms. The summed E-state index contributed by atoms with van der Waals surface area (Å²) in [6.07, 6.45) is 1.69. The molecule has 1 aromatic carbocycles. The molecule has 2 amide bonds. The van der Waals surface area contributed by atoms with Crippen LogP contribution in [-0.4, -0.2) is 18.1 Å². The number of ether oxygens (including phenoxy) is 1. The van der Waals surface area contributed by atoms with Crippen molar-refractivity contribution in [1.29, 1.82) is 0 Å². The first kappa shape index (κ1) is 15.1. The molecular weight excluding hydrogens is 290 g/mol. The van der Waals surface area contributed by atoms with Gasteiger partial charge in [-0.15, -0.1) is 0 Å². The average Bonchev–Trinajstić information content (AvgIpc) is 2.48. The number of hydrogen-bond donors (Lipinski definition) is 2. The van der Waals surface area contributed by atoms with Crippen LogP contribution < -0.4 is 15.4 Å². The lowest BCUT2D eigenvalue weighted by molar-refractivity contribution is 0.249. The SMILES string of the molecule is COc1ccc(NC(=O)N[C@@H](C)c2ccccn2)cc1Cl. The van der Waals surface area contributed by atoms with Crippen molar-refractivity contribution in [2.24, 2.45) is 0 Å². The van der Waals surface area contributed by atoms with Crippen LogP contribution in [0.5, 0.6) is 5.75 Å². The molecule has 0 saturated heterocycles. The molecule has 0 aliphatic rings. The molecule has 1 heterocycles. The zero-order valence-corrected chi connectivity index (χ0v) is 12.5. The number of aromatic nitrogens is 1. The second-order valence-electron chi connectivity index (χ2n) is 4.42. The van der Waals surface area contributed by atoms with E-state index in [2.05, 4.69) is 15.6 Å². The predicted molar refractivity (Wildman–Crippen MR) is 82.8 cm³/mol. The summed E-state index contributed by atoms with van der Waals surface area (Å²) in [6.45, 7) is 1.86. The fourth-order valence-corrected chi connectivity index (χ4v) is 2.07. The van der Waals surface area contributed by atoms with Gasteiger partial charge in [0.15, 0.2) is 0 Å². The molecular formula is C15H16ClN3O2. The summed E-state index contributed by atoms with van der Waals surface area (Å²) >= 11 is 6.01. The summed E-state index contributed by atoms with van der Waals surface area (Å²) in [5.41, 5.74) is 1.38. The molecule has 1 atom stereocenters. The Labute approximate surface area is 128 Å². The van der Waals surface area contributed by atoms with Gasteiger partial charge < -0.3 is 15.4 Å². The first-order chi connectivity index (χ1) is 10.1. The Kier molecular flexibility index (Phi) is 5.00. The van der Waals surface area contributed by atoms with Gasteiger partial charge in [0.25, 0.3) is 0 Å². The molecule has 2 aromatic rings. The smallest absolute Gasteiger partial charge is 0.319 e. The number of rotatable bonds is 4. The van der Waals surface area contributed by atoms with Crippen LogP contribution in [0, 0.1) is 0 Å². The van der Waals surface area contributed by atoms with Crippen molar-refractivity contribution in [1.82, 2.24) is 10.3 Å². The number of carbonyl (C=O) groups is 1. The van der Waals surface area contributed by atoms with Crippen molar-refractivity contribution in [2.45, 2.75) is 13.0 Å². The lowest BCUT2D eigenvalue weighted by Gasteiger charge is -2.14. The van der Waals surface area contributed by atoms with Crippen LogP contribution >= 0.6 is 11.6 Å². The Balaban J connectivity index is 1.97. The molecule has 1 aromatic heterocycles. The number of amides is 2. The maximum absolute atomic E-state index is 11.9. The van der Waals surface area contributed by atoms with Gasteiger partial charge in [0.05, 0.1) is 23.9 Å². The van der Waals surface area contributed by atoms with Gasteiger partial charge in [-0.05, 0) is 37.3 Å². The highest BCUT2D eigenvalue weighted by Gasteiger charge is 2.11. The third-order valence-corrected chi connectivity index (χ3v) is 3.18. The maximum Gasteiger partial charge on any atom is 0.319 e. The molecule has 0 unspecified atom stereocenters. The molecule has 2 N–H and O–H groups in total.